The maximum absolute atomic E-state index is 12.7. The molecule has 116 valence electrons. The second-order valence-corrected chi connectivity index (χ2v) is 7.67. The monoisotopic (exact) mass is 309 g/mol. The number of hydrogen-bond acceptors (Lipinski definition) is 4. The van der Waals surface area contributed by atoms with E-state index in [1.54, 1.807) is 29.4 Å². The van der Waals surface area contributed by atoms with Crippen LogP contribution in [0.15, 0.2) is 11.6 Å². The molecule has 0 radical (unpaired) electrons. The molecule has 1 fully saturated rings. The fourth-order valence-corrected chi connectivity index (χ4v) is 3.20. The van der Waals surface area contributed by atoms with Crippen molar-refractivity contribution < 1.29 is 9.59 Å². The van der Waals surface area contributed by atoms with Gasteiger partial charge in [0, 0.05) is 24.0 Å². The molecule has 2 rings (SSSR count). The summed E-state index contributed by atoms with van der Waals surface area (Å²) in [5, 5.41) is 5.77. The third kappa shape index (κ3) is 3.26. The Morgan fingerprint density at radius 2 is 2.10 bits per heavy atom. The summed E-state index contributed by atoms with van der Waals surface area (Å²) in [7, 11) is 0. The fraction of sp³-hybridized carbons (Fsp3) is 0.667. The van der Waals surface area contributed by atoms with Crippen LogP contribution in [0.2, 0.25) is 0 Å². The zero-order chi connectivity index (χ0) is 15.8. The Balaban J connectivity index is 2.19. The number of nitrogens with one attached hydrogen (secondary N) is 1. The predicted octanol–water partition coefficient (Wildman–Crippen LogP) is 2.01. The van der Waals surface area contributed by atoms with Gasteiger partial charge >= 0.3 is 0 Å². The van der Waals surface area contributed by atoms with E-state index >= 15 is 0 Å². The van der Waals surface area contributed by atoms with E-state index < -0.39 is 12.1 Å². The number of carbonyl (C=O) groups is 2. The van der Waals surface area contributed by atoms with Crippen LogP contribution >= 0.6 is 11.3 Å². The minimum atomic E-state index is -0.468. The fourth-order valence-electron chi connectivity index (χ4n) is 2.51. The minimum Gasteiger partial charge on any atom is -0.342 e. The van der Waals surface area contributed by atoms with E-state index in [1.807, 2.05) is 33.1 Å². The summed E-state index contributed by atoms with van der Waals surface area (Å²) < 4.78 is 0. The number of nitrogens with zero attached hydrogens (tertiary/aromatic N) is 2. The van der Waals surface area contributed by atoms with Crippen LogP contribution < -0.4 is 5.32 Å². The van der Waals surface area contributed by atoms with Crippen molar-refractivity contribution in [3.05, 3.63) is 16.6 Å². The summed E-state index contributed by atoms with van der Waals surface area (Å²) in [5.41, 5.74) is -0.296. The number of piperazine rings is 1. The zero-order valence-electron chi connectivity index (χ0n) is 13.2. The highest BCUT2D eigenvalue weighted by Crippen LogP contribution is 2.27. The predicted molar refractivity (Wildman–Crippen MR) is 83.1 cm³/mol. The third-order valence-electron chi connectivity index (χ3n) is 3.87. The van der Waals surface area contributed by atoms with Gasteiger partial charge in [-0.15, -0.1) is 11.3 Å². The summed E-state index contributed by atoms with van der Waals surface area (Å²) in [6, 6.07) is -0.900. The Bertz CT molecular complexity index is 522. The molecule has 0 bridgehead atoms. The summed E-state index contributed by atoms with van der Waals surface area (Å²) >= 11 is 1.58. The van der Waals surface area contributed by atoms with Crippen LogP contribution in [0.25, 0.3) is 0 Å². The number of thiazole rings is 1. The van der Waals surface area contributed by atoms with Crippen LogP contribution in [0.3, 0.4) is 0 Å². The summed E-state index contributed by atoms with van der Waals surface area (Å²) in [4.78, 5) is 30.9. The molecule has 21 heavy (non-hydrogen) atoms. The molecule has 3 unspecified atom stereocenters. The van der Waals surface area contributed by atoms with Crippen LogP contribution in [-0.4, -0.2) is 40.3 Å². The van der Waals surface area contributed by atoms with E-state index in [0.29, 0.717) is 6.54 Å². The molecule has 1 N–H and O–H groups in total. The summed E-state index contributed by atoms with van der Waals surface area (Å²) in [6.07, 6.45) is 1.77. The highest BCUT2D eigenvalue weighted by molar-refractivity contribution is 7.09. The SMILES string of the molecule is CC(CN1C(=O)C(C(C)(C)C)NC(=O)C1C)c1nccs1. The van der Waals surface area contributed by atoms with Gasteiger partial charge in [-0.1, -0.05) is 27.7 Å². The van der Waals surface area contributed by atoms with E-state index in [0.717, 1.165) is 5.01 Å². The number of rotatable bonds is 3. The lowest BCUT2D eigenvalue weighted by Crippen LogP contribution is -2.66. The lowest BCUT2D eigenvalue weighted by molar-refractivity contribution is -0.151. The Morgan fingerprint density at radius 3 is 2.62 bits per heavy atom. The highest BCUT2D eigenvalue weighted by Gasteiger charge is 2.43. The van der Waals surface area contributed by atoms with Gasteiger partial charge in [-0.05, 0) is 12.3 Å². The molecule has 6 heteroatoms. The number of amides is 2. The van der Waals surface area contributed by atoms with E-state index in [9.17, 15) is 9.59 Å². The molecule has 3 atom stereocenters. The molecule has 5 nitrogen and oxygen atoms in total. The van der Waals surface area contributed by atoms with Crippen molar-refractivity contribution in [1.29, 1.82) is 0 Å². The molecule has 1 saturated heterocycles. The van der Waals surface area contributed by atoms with Gasteiger partial charge in [-0.2, -0.15) is 0 Å². The molecular weight excluding hydrogens is 286 g/mol. The lowest BCUT2D eigenvalue weighted by Gasteiger charge is -2.42. The first-order chi connectivity index (χ1) is 9.71. The molecule has 1 aromatic rings. The van der Waals surface area contributed by atoms with Gasteiger partial charge < -0.3 is 10.2 Å². The normalized spacial score (nSPS) is 24.9. The van der Waals surface area contributed by atoms with E-state index in [-0.39, 0.29) is 23.1 Å². The van der Waals surface area contributed by atoms with Crippen LogP contribution in [0, 0.1) is 5.41 Å². The topological polar surface area (TPSA) is 62.3 Å². The second-order valence-electron chi connectivity index (χ2n) is 6.75. The smallest absolute Gasteiger partial charge is 0.246 e. The van der Waals surface area contributed by atoms with Gasteiger partial charge in [0.2, 0.25) is 11.8 Å². The second kappa shape index (κ2) is 5.75. The van der Waals surface area contributed by atoms with Gasteiger partial charge in [-0.3, -0.25) is 9.59 Å². The van der Waals surface area contributed by atoms with Crippen LogP contribution in [0.4, 0.5) is 0 Å². The molecule has 1 aliphatic rings. The molecule has 2 amide bonds. The molecular formula is C15H23N3O2S. The maximum atomic E-state index is 12.7. The van der Waals surface area contributed by atoms with Gasteiger partial charge in [0.25, 0.3) is 0 Å². The number of carbonyl (C=O) groups excluding carboxylic acids is 2. The lowest BCUT2D eigenvalue weighted by atomic mass is 9.84. The van der Waals surface area contributed by atoms with Crippen LogP contribution in [0.5, 0.6) is 0 Å². The third-order valence-corrected chi connectivity index (χ3v) is 4.88. The molecule has 1 aliphatic heterocycles. The first kappa shape index (κ1) is 15.9. The van der Waals surface area contributed by atoms with Gasteiger partial charge in [0.05, 0.1) is 5.01 Å². The molecule has 0 aliphatic carbocycles. The van der Waals surface area contributed by atoms with Crippen molar-refractivity contribution in [2.24, 2.45) is 5.41 Å². The zero-order valence-corrected chi connectivity index (χ0v) is 14.0. The average molecular weight is 309 g/mol. The van der Waals surface area contributed by atoms with Crippen molar-refractivity contribution in [2.75, 3.05) is 6.54 Å². The van der Waals surface area contributed by atoms with Crippen molar-refractivity contribution in [1.82, 2.24) is 15.2 Å². The average Bonchev–Trinajstić information content (AvgIpc) is 2.91. The highest BCUT2D eigenvalue weighted by atomic mass is 32.1. The molecule has 0 aromatic carbocycles. The molecule has 0 saturated carbocycles. The molecule has 2 heterocycles. The van der Waals surface area contributed by atoms with Crippen molar-refractivity contribution in [2.45, 2.75) is 52.6 Å². The first-order valence-corrected chi connectivity index (χ1v) is 8.10. The van der Waals surface area contributed by atoms with Crippen molar-refractivity contribution in [3.8, 4) is 0 Å². The van der Waals surface area contributed by atoms with Crippen molar-refractivity contribution >= 4 is 23.2 Å². The maximum Gasteiger partial charge on any atom is 0.246 e. The standard InChI is InChI=1S/C15H23N3O2S/c1-9(13-16-6-7-21-13)8-18-10(2)12(19)17-11(14(18)20)15(3,4)5/h6-7,9-11H,8H2,1-5H3,(H,17,19). The van der Waals surface area contributed by atoms with Gasteiger partial charge in [0.15, 0.2) is 0 Å². The minimum absolute atomic E-state index is 0.00185. The Morgan fingerprint density at radius 1 is 1.43 bits per heavy atom. The Hall–Kier alpha value is -1.43. The largest absolute Gasteiger partial charge is 0.342 e. The molecule has 1 aromatic heterocycles. The van der Waals surface area contributed by atoms with Crippen molar-refractivity contribution in [3.63, 3.8) is 0 Å². The number of hydrogen-bond donors (Lipinski definition) is 1. The van der Waals surface area contributed by atoms with Gasteiger partial charge in [0.1, 0.15) is 12.1 Å². The van der Waals surface area contributed by atoms with E-state index in [1.165, 1.54) is 0 Å². The van der Waals surface area contributed by atoms with E-state index in [2.05, 4.69) is 10.3 Å². The number of aromatic nitrogens is 1. The summed E-state index contributed by atoms with van der Waals surface area (Å²) in [5.74, 6) is 0.0433. The van der Waals surface area contributed by atoms with Gasteiger partial charge in [-0.25, -0.2) is 4.98 Å². The van der Waals surface area contributed by atoms with Crippen LogP contribution in [0.1, 0.15) is 45.5 Å². The molecule has 0 spiro atoms. The van der Waals surface area contributed by atoms with E-state index in [4.69, 9.17) is 0 Å². The Labute approximate surface area is 129 Å². The first-order valence-electron chi connectivity index (χ1n) is 7.22. The summed E-state index contributed by atoms with van der Waals surface area (Å²) in [6.45, 7) is 10.2. The quantitative estimate of drug-likeness (QED) is 0.929. The van der Waals surface area contributed by atoms with Crippen LogP contribution in [-0.2, 0) is 9.59 Å². The Kier molecular flexibility index (Phi) is 4.37.